The van der Waals surface area contributed by atoms with Crippen molar-refractivity contribution in [3.63, 3.8) is 0 Å². The van der Waals surface area contributed by atoms with Crippen molar-refractivity contribution in [3.05, 3.63) is 57.5 Å². The maximum absolute atomic E-state index is 13.6. The predicted molar refractivity (Wildman–Crippen MR) is 139 cm³/mol. The lowest BCUT2D eigenvalue weighted by atomic mass is 9.89. The average molecular weight is 515 g/mol. The van der Waals surface area contributed by atoms with Crippen molar-refractivity contribution in [2.24, 2.45) is 5.92 Å². The maximum atomic E-state index is 13.6. The van der Waals surface area contributed by atoms with Gasteiger partial charge in [0.2, 0.25) is 5.56 Å². The van der Waals surface area contributed by atoms with E-state index in [1.165, 1.54) is 19.3 Å². The molecule has 0 radical (unpaired) electrons. The molecule has 1 aliphatic carbocycles. The van der Waals surface area contributed by atoms with Crippen LogP contribution in [0.4, 0.5) is 24.5 Å². The van der Waals surface area contributed by atoms with Crippen LogP contribution in [0.1, 0.15) is 67.4 Å². The Balaban J connectivity index is 1.70. The fraction of sp³-hybridized carbons (Fsp3) is 0.500. The number of nitrogens with zero attached hydrogens (tertiary/aromatic N) is 2. The van der Waals surface area contributed by atoms with Gasteiger partial charge in [-0.25, -0.2) is 0 Å². The minimum absolute atomic E-state index is 0.245. The Kier molecular flexibility index (Phi) is 7.98. The summed E-state index contributed by atoms with van der Waals surface area (Å²) in [4.78, 5) is 31.3. The smallest absolute Gasteiger partial charge is 0.367 e. The van der Waals surface area contributed by atoms with Crippen LogP contribution in [0.3, 0.4) is 0 Å². The van der Waals surface area contributed by atoms with Crippen LogP contribution < -0.4 is 15.8 Å². The quantitative estimate of drug-likeness (QED) is 0.559. The summed E-state index contributed by atoms with van der Waals surface area (Å²) in [7, 11) is 2.06. The van der Waals surface area contributed by atoms with Crippen LogP contribution in [0.5, 0.6) is 0 Å². The summed E-state index contributed by atoms with van der Waals surface area (Å²) in [6.07, 6.45) is 1.67. The fourth-order valence-electron chi connectivity index (χ4n) is 5.11. The van der Waals surface area contributed by atoms with E-state index in [-0.39, 0.29) is 12.1 Å². The molecule has 2 fully saturated rings. The van der Waals surface area contributed by atoms with Gasteiger partial charge in [0.15, 0.2) is 0 Å². The van der Waals surface area contributed by atoms with Crippen LogP contribution in [0.2, 0.25) is 0 Å². The highest BCUT2D eigenvalue weighted by atomic mass is 19.4. The number of carbonyl (C=O) groups excluding carboxylic acids is 1. The largest absolute Gasteiger partial charge is 0.417 e. The maximum Gasteiger partial charge on any atom is 0.417 e. The molecular weight excluding hydrogens is 481 g/mol. The number of nitrogens with one attached hydrogen (secondary N) is 2. The van der Waals surface area contributed by atoms with Gasteiger partial charge in [0, 0.05) is 48.9 Å². The number of alkyl halides is 3. The van der Waals surface area contributed by atoms with Crippen LogP contribution in [-0.4, -0.2) is 48.0 Å². The lowest BCUT2D eigenvalue weighted by Gasteiger charge is -2.44. The van der Waals surface area contributed by atoms with Crippen LogP contribution >= 0.6 is 0 Å². The molecule has 4 rings (SSSR count). The number of benzene rings is 1. The van der Waals surface area contributed by atoms with Crippen molar-refractivity contribution in [3.8, 4) is 11.8 Å². The van der Waals surface area contributed by atoms with Gasteiger partial charge in [-0.05, 0) is 51.9 Å². The van der Waals surface area contributed by atoms with Gasteiger partial charge in [0.1, 0.15) is 0 Å². The van der Waals surface area contributed by atoms with Crippen LogP contribution in [0, 0.1) is 17.8 Å². The Morgan fingerprint density at radius 1 is 1.08 bits per heavy atom. The van der Waals surface area contributed by atoms with Crippen LogP contribution in [0.15, 0.2) is 35.3 Å². The molecule has 2 aliphatic rings. The third-order valence-corrected chi connectivity index (χ3v) is 7.45. The second-order valence-corrected chi connectivity index (χ2v) is 10.2. The molecule has 0 spiro atoms. The van der Waals surface area contributed by atoms with Gasteiger partial charge >= 0.3 is 6.18 Å². The first kappa shape index (κ1) is 26.8. The van der Waals surface area contributed by atoms with Gasteiger partial charge in [-0.3, -0.25) is 14.5 Å². The highest BCUT2D eigenvalue weighted by Gasteiger charge is 2.36. The summed E-state index contributed by atoms with van der Waals surface area (Å²) >= 11 is 0. The molecular formula is C28H33F3N4O2. The lowest BCUT2D eigenvalue weighted by molar-refractivity contribution is -0.138. The number of hydrogen-bond donors (Lipinski definition) is 2. The number of carbonyl (C=O) groups is 1. The number of halogens is 3. The number of pyridine rings is 1. The van der Waals surface area contributed by atoms with Crippen molar-refractivity contribution in [1.82, 2.24) is 9.88 Å². The van der Waals surface area contributed by atoms with Crippen molar-refractivity contribution in [1.29, 1.82) is 0 Å². The molecule has 2 N–H and O–H groups in total. The first-order valence-electron chi connectivity index (χ1n) is 12.8. The Morgan fingerprint density at radius 2 is 1.76 bits per heavy atom. The lowest BCUT2D eigenvalue weighted by Crippen LogP contribution is -2.55. The first-order valence-corrected chi connectivity index (χ1v) is 12.8. The minimum Gasteiger partial charge on any atom is -0.367 e. The summed E-state index contributed by atoms with van der Waals surface area (Å²) in [5.41, 5.74) is -1.03. The van der Waals surface area contributed by atoms with E-state index >= 15 is 0 Å². The number of amides is 1. The molecule has 6 nitrogen and oxygen atoms in total. The van der Waals surface area contributed by atoms with E-state index in [0.29, 0.717) is 36.3 Å². The summed E-state index contributed by atoms with van der Waals surface area (Å²) < 4.78 is 40.8. The second-order valence-electron chi connectivity index (χ2n) is 10.2. The Bertz CT molecular complexity index is 1240. The normalized spacial score (nSPS) is 21.3. The Morgan fingerprint density at radius 3 is 2.41 bits per heavy atom. The highest BCUT2D eigenvalue weighted by Crippen LogP contribution is 2.34. The third kappa shape index (κ3) is 6.37. The van der Waals surface area contributed by atoms with Gasteiger partial charge in [-0.1, -0.05) is 31.1 Å². The summed E-state index contributed by atoms with van der Waals surface area (Å²) in [5, 5.41) is 2.69. The van der Waals surface area contributed by atoms with E-state index < -0.39 is 28.8 Å². The van der Waals surface area contributed by atoms with E-state index in [2.05, 4.69) is 52.8 Å². The molecule has 1 aliphatic heterocycles. The van der Waals surface area contributed by atoms with Crippen LogP contribution in [0.25, 0.3) is 0 Å². The second kappa shape index (κ2) is 11.0. The molecule has 0 bridgehead atoms. The van der Waals surface area contributed by atoms with Crippen molar-refractivity contribution < 1.29 is 18.0 Å². The fourth-order valence-corrected chi connectivity index (χ4v) is 5.11. The van der Waals surface area contributed by atoms with Gasteiger partial charge in [0.05, 0.1) is 22.5 Å². The molecule has 9 heteroatoms. The number of H-pyrrole nitrogens is 1. The third-order valence-electron chi connectivity index (χ3n) is 7.45. The molecule has 198 valence electrons. The topological polar surface area (TPSA) is 68.4 Å². The molecule has 1 saturated heterocycles. The molecule has 1 amide bonds. The molecule has 1 aromatic carbocycles. The van der Waals surface area contributed by atoms with Crippen molar-refractivity contribution in [2.45, 2.75) is 64.2 Å². The molecule has 2 atom stereocenters. The van der Waals surface area contributed by atoms with Gasteiger partial charge in [0.25, 0.3) is 5.91 Å². The Labute approximate surface area is 215 Å². The van der Waals surface area contributed by atoms with Crippen molar-refractivity contribution >= 4 is 17.3 Å². The first-order chi connectivity index (χ1) is 17.5. The van der Waals surface area contributed by atoms with E-state index in [0.717, 1.165) is 24.7 Å². The summed E-state index contributed by atoms with van der Waals surface area (Å²) in [6.45, 7) is 5.62. The minimum atomic E-state index is -4.85. The number of likely N-dealkylation sites (N-methyl/N-ethyl adjacent to an activating group) is 1. The van der Waals surface area contributed by atoms with Gasteiger partial charge in [-0.2, -0.15) is 13.2 Å². The zero-order valence-corrected chi connectivity index (χ0v) is 21.4. The zero-order chi connectivity index (χ0) is 26.7. The van der Waals surface area contributed by atoms with Gasteiger partial charge < -0.3 is 15.2 Å². The number of piperazine rings is 1. The molecule has 0 unspecified atom stereocenters. The average Bonchev–Trinajstić information content (AvgIpc) is 2.86. The molecule has 1 aromatic heterocycles. The Hall–Kier alpha value is -3.25. The number of anilines is 2. The highest BCUT2D eigenvalue weighted by molar-refractivity contribution is 6.07. The standard InChI is InChI=1S/C28H33F3N4O2/c1-18-16-35(17-19(2)34(18)3)25-12-11-21(10-9-20-7-5-4-6-8-20)13-24(25)33-27(37)22-15-32-26(36)14-23(22)28(29,30)31/h11-15,18-20H,4-8,16-17H2,1-3H3,(H,32,36)(H,33,37)/t18-,19+. The number of aromatic amines is 1. The summed E-state index contributed by atoms with van der Waals surface area (Å²) in [6, 6.07) is 6.41. The number of rotatable bonds is 3. The van der Waals surface area contributed by atoms with Gasteiger partial charge in [-0.15, -0.1) is 0 Å². The molecule has 1 saturated carbocycles. The molecule has 2 heterocycles. The summed E-state index contributed by atoms with van der Waals surface area (Å²) in [5.74, 6) is 5.93. The SMILES string of the molecule is C[C@@H]1CN(c2ccc(C#CC3CCCCC3)cc2NC(=O)c2c[nH]c(=O)cc2C(F)(F)F)C[C@H](C)N1C. The monoisotopic (exact) mass is 514 g/mol. The van der Waals surface area contributed by atoms with Crippen molar-refractivity contribution in [2.75, 3.05) is 30.4 Å². The van der Waals surface area contributed by atoms with E-state index in [9.17, 15) is 22.8 Å². The van der Waals surface area contributed by atoms with E-state index in [4.69, 9.17) is 0 Å². The van der Waals surface area contributed by atoms with E-state index in [1.807, 2.05) is 12.1 Å². The van der Waals surface area contributed by atoms with E-state index in [1.54, 1.807) is 6.07 Å². The van der Waals surface area contributed by atoms with Crippen LogP contribution in [-0.2, 0) is 6.18 Å². The molecule has 2 aromatic rings. The zero-order valence-electron chi connectivity index (χ0n) is 21.4. The number of aromatic nitrogens is 1. The number of hydrogen-bond acceptors (Lipinski definition) is 4. The molecule has 37 heavy (non-hydrogen) atoms. The predicted octanol–water partition coefficient (Wildman–Crippen LogP) is 5.11.